The molecule has 6 rings (SSSR count). The Hall–Kier alpha value is -2.64. The summed E-state index contributed by atoms with van der Waals surface area (Å²) in [5, 5.41) is 5.29. The predicted molar refractivity (Wildman–Crippen MR) is 109 cm³/mol. The molecule has 5 nitrogen and oxygen atoms in total. The molecular formula is C22H20FN3O2S. The average Bonchev–Trinajstić information content (AvgIpc) is 3.37. The standard InChI is InChI=1S/C22H20FN3O2S/c1-26-19-7-4-15(11-16(19)22-18-6-3-14(24-18)10-20(22)26)29(27,28)21-9-12-8-13(23)2-5-17(12)25-21/h2,4-5,7-9,11,14,18,24-25H,3,6,10H2,1H3. The molecule has 2 N–H and O–H groups in total. The van der Waals surface area contributed by atoms with Crippen molar-refractivity contribution in [1.82, 2.24) is 14.9 Å². The smallest absolute Gasteiger partial charge is 0.221 e. The van der Waals surface area contributed by atoms with Crippen LogP contribution in [0.4, 0.5) is 4.39 Å². The van der Waals surface area contributed by atoms with Gasteiger partial charge in [0.2, 0.25) is 9.84 Å². The number of rotatable bonds is 2. The Morgan fingerprint density at radius 1 is 1.10 bits per heavy atom. The van der Waals surface area contributed by atoms with E-state index < -0.39 is 9.84 Å². The first kappa shape index (κ1) is 17.2. The Balaban J connectivity index is 1.53. The van der Waals surface area contributed by atoms with Crippen molar-refractivity contribution in [2.75, 3.05) is 0 Å². The van der Waals surface area contributed by atoms with Crippen LogP contribution in [0.3, 0.4) is 0 Å². The summed E-state index contributed by atoms with van der Waals surface area (Å²) in [4.78, 5) is 3.19. The maximum Gasteiger partial charge on any atom is 0.221 e. The van der Waals surface area contributed by atoms with Gasteiger partial charge in [-0.1, -0.05) is 0 Å². The van der Waals surface area contributed by atoms with Crippen molar-refractivity contribution < 1.29 is 12.8 Å². The largest absolute Gasteiger partial charge is 0.347 e. The first-order valence-electron chi connectivity index (χ1n) is 9.82. The number of aryl methyl sites for hydroxylation is 1. The maximum absolute atomic E-state index is 13.5. The van der Waals surface area contributed by atoms with Crippen LogP contribution in [-0.2, 0) is 23.3 Å². The van der Waals surface area contributed by atoms with Crippen LogP contribution in [0.2, 0.25) is 0 Å². The van der Waals surface area contributed by atoms with Crippen LogP contribution < -0.4 is 5.32 Å². The van der Waals surface area contributed by atoms with Crippen molar-refractivity contribution in [3.8, 4) is 0 Å². The van der Waals surface area contributed by atoms with Crippen LogP contribution in [0, 0.1) is 5.82 Å². The van der Waals surface area contributed by atoms with Gasteiger partial charge in [-0.3, -0.25) is 0 Å². The van der Waals surface area contributed by atoms with Crippen LogP contribution in [0.1, 0.15) is 30.1 Å². The lowest BCUT2D eigenvalue weighted by Crippen LogP contribution is -2.32. The van der Waals surface area contributed by atoms with Gasteiger partial charge in [0.1, 0.15) is 10.8 Å². The molecule has 1 fully saturated rings. The Morgan fingerprint density at radius 3 is 2.83 bits per heavy atom. The van der Waals surface area contributed by atoms with E-state index in [0.717, 1.165) is 30.2 Å². The van der Waals surface area contributed by atoms with Crippen molar-refractivity contribution in [2.24, 2.45) is 7.05 Å². The summed E-state index contributed by atoms with van der Waals surface area (Å²) in [6.45, 7) is 0. The molecule has 29 heavy (non-hydrogen) atoms. The van der Waals surface area contributed by atoms with Crippen molar-refractivity contribution in [1.29, 1.82) is 0 Å². The van der Waals surface area contributed by atoms with Crippen LogP contribution in [0.15, 0.2) is 52.4 Å². The zero-order valence-electron chi connectivity index (χ0n) is 15.9. The molecule has 2 atom stereocenters. The van der Waals surface area contributed by atoms with Crippen LogP contribution in [0.25, 0.3) is 21.8 Å². The van der Waals surface area contributed by atoms with E-state index in [2.05, 4.69) is 21.9 Å². The number of nitrogens with zero attached hydrogens (tertiary/aromatic N) is 1. The fourth-order valence-electron chi connectivity index (χ4n) is 5.10. The number of hydrogen-bond donors (Lipinski definition) is 2. The second kappa shape index (κ2) is 5.70. The molecule has 2 unspecified atom stereocenters. The molecule has 4 aromatic rings. The summed E-state index contributed by atoms with van der Waals surface area (Å²) in [5.41, 5.74) is 4.21. The average molecular weight is 409 g/mol. The highest BCUT2D eigenvalue weighted by Crippen LogP contribution is 2.42. The molecule has 0 aliphatic carbocycles. The highest BCUT2D eigenvalue weighted by molar-refractivity contribution is 7.91. The van der Waals surface area contributed by atoms with E-state index in [-0.39, 0.29) is 15.7 Å². The second-order valence-electron chi connectivity index (χ2n) is 8.16. The zero-order valence-corrected chi connectivity index (χ0v) is 16.7. The first-order valence-corrected chi connectivity index (χ1v) is 11.3. The molecule has 2 aliphatic heterocycles. The summed E-state index contributed by atoms with van der Waals surface area (Å²) in [6.07, 6.45) is 3.22. The van der Waals surface area contributed by atoms with Crippen molar-refractivity contribution in [2.45, 2.75) is 41.3 Å². The number of halogens is 1. The number of benzene rings is 2. The maximum atomic E-state index is 13.5. The first-order chi connectivity index (χ1) is 13.9. The molecule has 1 saturated heterocycles. The summed E-state index contributed by atoms with van der Waals surface area (Å²) in [6, 6.07) is 11.9. The minimum Gasteiger partial charge on any atom is -0.347 e. The molecule has 0 amide bonds. The molecule has 2 aromatic heterocycles. The lowest BCUT2D eigenvalue weighted by molar-refractivity contribution is 0.503. The van der Waals surface area contributed by atoms with E-state index >= 15 is 0 Å². The van der Waals surface area contributed by atoms with Gasteiger partial charge in [0.25, 0.3) is 0 Å². The highest BCUT2D eigenvalue weighted by Gasteiger charge is 2.36. The molecule has 0 spiro atoms. The van der Waals surface area contributed by atoms with Crippen molar-refractivity contribution in [3.05, 3.63) is 59.5 Å². The van der Waals surface area contributed by atoms with Gasteiger partial charge in [-0.2, -0.15) is 0 Å². The Kier molecular flexibility index (Phi) is 3.39. The molecule has 2 aromatic carbocycles. The number of aromatic amines is 1. The molecule has 7 heteroatoms. The van der Waals surface area contributed by atoms with Gasteiger partial charge in [-0.15, -0.1) is 0 Å². The van der Waals surface area contributed by atoms with Crippen LogP contribution in [-0.4, -0.2) is 24.0 Å². The number of nitrogens with one attached hydrogen (secondary N) is 2. The highest BCUT2D eigenvalue weighted by atomic mass is 32.2. The van der Waals surface area contributed by atoms with Crippen molar-refractivity contribution >= 4 is 31.6 Å². The molecule has 0 radical (unpaired) electrons. The van der Waals surface area contributed by atoms with Crippen LogP contribution in [0.5, 0.6) is 0 Å². The van der Waals surface area contributed by atoms with Gasteiger partial charge in [-0.25, -0.2) is 12.8 Å². The van der Waals surface area contributed by atoms with E-state index in [9.17, 15) is 12.8 Å². The van der Waals surface area contributed by atoms with Gasteiger partial charge in [0.05, 0.1) is 4.90 Å². The van der Waals surface area contributed by atoms with E-state index in [0.29, 0.717) is 23.0 Å². The number of fused-ring (bicyclic) bond motifs is 7. The second-order valence-corrected chi connectivity index (χ2v) is 10.1. The van der Waals surface area contributed by atoms with Gasteiger partial charge in [0.15, 0.2) is 0 Å². The lowest BCUT2D eigenvalue weighted by Gasteiger charge is -2.23. The fraction of sp³-hybridized carbons (Fsp3) is 0.273. The third kappa shape index (κ3) is 2.37. The minimum atomic E-state index is -3.74. The Morgan fingerprint density at radius 2 is 1.97 bits per heavy atom. The molecule has 2 aliphatic rings. The van der Waals surface area contributed by atoms with E-state index in [1.165, 1.54) is 29.5 Å². The number of sulfone groups is 1. The number of aromatic nitrogens is 2. The van der Waals surface area contributed by atoms with E-state index in [4.69, 9.17) is 0 Å². The normalized spacial score (nSPS) is 21.2. The van der Waals surface area contributed by atoms with E-state index in [1.54, 1.807) is 18.2 Å². The monoisotopic (exact) mass is 409 g/mol. The lowest BCUT2D eigenvalue weighted by atomic mass is 9.99. The topological polar surface area (TPSA) is 66.9 Å². The summed E-state index contributed by atoms with van der Waals surface area (Å²) in [7, 11) is -1.68. The fourth-order valence-corrected chi connectivity index (χ4v) is 6.40. The summed E-state index contributed by atoms with van der Waals surface area (Å²) >= 11 is 0. The summed E-state index contributed by atoms with van der Waals surface area (Å²) in [5.74, 6) is -0.389. The molecule has 4 heterocycles. The third-order valence-corrected chi connectivity index (χ3v) is 8.20. The summed E-state index contributed by atoms with van der Waals surface area (Å²) < 4.78 is 42.3. The van der Waals surface area contributed by atoms with Crippen LogP contribution >= 0.6 is 0 Å². The third-order valence-electron chi connectivity index (χ3n) is 6.52. The molecule has 0 saturated carbocycles. The zero-order chi connectivity index (χ0) is 19.9. The quantitative estimate of drug-likeness (QED) is 0.526. The van der Waals surface area contributed by atoms with Gasteiger partial charge in [0, 0.05) is 53.1 Å². The van der Waals surface area contributed by atoms with Gasteiger partial charge < -0.3 is 14.9 Å². The molecule has 2 bridgehead atoms. The van der Waals surface area contributed by atoms with Crippen molar-refractivity contribution in [3.63, 3.8) is 0 Å². The predicted octanol–water partition coefficient (Wildman–Crippen LogP) is 3.98. The van der Waals surface area contributed by atoms with E-state index in [1.807, 2.05) is 6.07 Å². The molecule has 148 valence electrons. The Bertz CT molecular complexity index is 1420. The SMILES string of the molecule is Cn1c2c(c3cc(S(=O)(=O)c4cc5cc(F)ccc5[nH]4)ccc31)C1CCC(C2)N1. The molecular weight excluding hydrogens is 389 g/mol. The van der Waals surface area contributed by atoms with Gasteiger partial charge >= 0.3 is 0 Å². The minimum absolute atomic E-state index is 0.0845. The Labute approximate surface area is 167 Å². The number of H-pyrrole nitrogens is 1. The van der Waals surface area contributed by atoms with Gasteiger partial charge in [-0.05, 0) is 60.9 Å². The number of hydrogen-bond acceptors (Lipinski definition) is 3.